The molecule has 1 heterocycles. The predicted octanol–water partition coefficient (Wildman–Crippen LogP) is 0.793. The topological polar surface area (TPSA) is 122 Å². The third kappa shape index (κ3) is 6.31. The number of benzene rings is 1. The summed E-state index contributed by atoms with van der Waals surface area (Å²) in [5.74, 6) is -1.30. The van der Waals surface area contributed by atoms with Crippen LogP contribution in [-0.2, 0) is 30.8 Å². The van der Waals surface area contributed by atoms with Gasteiger partial charge >= 0.3 is 12.0 Å². The second-order valence-corrected chi connectivity index (χ2v) is 8.26. The first kappa shape index (κ1) is 21.8. The van der Waals surface area contributed by atoms with Crippen molar-refractivity contribution in [3.05, 3.63) is 29.8 Å². The van der Waals surface area contributed by atoms with Crippen molar-refractivity contribution in [2.45, 2.75) is 37.5 Å². The quantitative estimate of drug-likeness (QED) is 0.610. The summed E-state index contributed by atoms with van der Waals surface area (Å²) < 4.78 is 31.2. The summed E-state index contributed by atoms with van der Waals surface area (Å²) in [6.07, 6.45) is 2.13. The van der Waals surface area contributed by atoms with Crippen molar-refractivity contribution in [3.8, 4) is 0 Å². The Balaban J connectivity index is 1.77. The van der Waals surface area contributed by atoms with Crippen molar-refractivity contribution >= 4 is 27.9 Å². The molecule has 1 saturated heterocycles. The largest absolute Gasteiger partial charge is 0.456 e. The molecule has 2 rings (SSSR count). The molecule has 0 radical (unpaired) electrons. The number of carbonyl (C=O) groups is 3. The number of nitrogens with one attached hydrogen (secondary N) is 2. The molecule has 0 atom stereocenters. The van der Waals surface area contributed by atoms with Gasteiger partial charge in [0.05, 0.1) is 4.90 Å². The molecule has 154 valence electrons. The lowest BCUT2D eigenvalue weighted by Gasteiger charge is -2.15. The summed E-state index contributed by atoms with van der Waals surface area (Å²) in [6, 6.07) is 5.76. The molecule has 0 spiro atoms. The lowest BCUT2D eigenvalue weighted by Crippen LogP contribution is -2.41. The molecule has 28 heavy (non-hydrogen) atoms. The molecule has 9 nitrogen and oxygen atoms in total. The van der Waals surface area contributed by atoms with Crippen LogP contribution in [0.25, 0.3) is 0 Å². The Bertz CT molecular complexity index is 801. The van der Waals surface area contributed by atoms with E-state index in [2.05, 4.69) is 5.32 Å². The van der Waals surface area contributed by atoms with Crippen molar-refractivity contribution in [1.82, 2.24) is 14.9 Å². The van der Waals surface area contributed by atoms with E-state index in [1.54, 1.807) is 19.1 Å². The highest BCUT2D eigenvalue weighted by molar-refractivity contribution is 7.89. The summed E-state index contributed by atoms with van der Waals surface area (Å²) in [5, 5.41) is 4.41. The Kier molecular flexibility index (Phi) is 7.94. The Morgan fingerprint density at radius 2 is 1.75 bits per heavy atom. The number of nitrogens with zero attached hydrogens (tertiary/aromatic N) is 1. The lowest BCUT2D eigenvalue weighted by atomic mass is 10.1. The van der Waals surface area contributed by atoms with Crippen LogP contribution in [0, 0.1) is 0 Å². The van der Waals surface area contributed by atoms with E-state index in [-0.39, 0.29) is 11.3 Å². The van der Waals surface area contributed by atoms with Crippen LogP contribution < -0.4 is 10.6 Å². The Morgan fingerprint density at radius 1 is 1.11 bits per heavy atom. The first-order valence-corrected chi connectivity index (χ1v) is 10.6. The molecule has 0 aromatic heterocycles. The summed E-state index contributed by atoms with van der Waals surface area (Å²) in [5.41, 5.74) is 0.782. The second-order valence-electron chi connectivity index (χ2n) is 6.32. The minimum Gasteiger partial charge on any atom is -0.456 e. The zero-order chi connectivity index (χ0) is 20.6. The second kappa shape index (κ2) is 10.2. The number of imide groups is 1. The number of amides is 3. The highest BCUT2D eigenvalue weighted by atomic mass is 32.2. The minimum absolute atomic E-state index is 0.0344. The van der Waals surface area contributed by atoms with Gasteiger partial charge in [0.25, 0.3) is 5.91 Å². The molecule has 0 unspecified atom stereocenters. The fraction of sp³-hybridized carbons (Fsp3) is 0.500. The van der Waals surface area contributed by atoms with E-state index in [9.17, 15) is 22.8 Å². The molecule has 0 bridgehead atoms. The highest BCUT2D eigenvalue weighted by Crippen LogP contribution is 2.21. The first-order chi connectivity index (χ1) is 13.3. The maximum absolute atomic E-state index is 12.5. The Labute approximate surface area is 164 Å². The molecular weight excluding hydrogens is 386 g/mol. The molecule has 3 amide bonds. The zero-order valence-electron chi connectivity index (χ0n) is 15.8. The van der Waals surface area contributed by atoms with Crippen LogP contribution in [0.5, 0.6) is 0 Å². The number of hydrogen-bond donors (Lipinski definition) is 2. The monoisotopic (exact) mass is 411 g/mol. The van der Waals surface area contributed by atoms with E-state index < -0.39 is 34.5 Å². The maximum Gasteiger partial charge on any atom is 0.321 e. The van der Waals surface area contributed by atoms with Crippen LogP contribution in [-0.4, -0.2) is 56.9 Å². The van der Waals surface area contributed by atoms with E-state index in [4.69, 9.17) is 4.74 Å². The fourth-order valence-corrected chi connectivity index (χ4v) is 4.25. The van der Waals surface area contributed by atoms with Crippen LogP contribution in [0.4, 0.5) is 4.79 Å². The molecule has 1 aromatic carbocycles. The molecule has 10 heteroatoms. The number of urea groups is 1. The van der Waals surface area contributed by atoms with Gasteiger partial charge in [0.1, 0.15) is 0 Å². The van der Waals surface area contributed by atoms with Crippen LogP contribution in [0.3, 0.4) is 0 Å². The van der Waals surface area contributed by atoms with Gasteiger partial charge in [0, 0.05) is 26.1 Å². The van der Waals surface area contributed by atoms with Crippen molar-refractivity contribution in [1.29, 1.82) is 0 Å². The van der Waals surface area contributed by atoms with E-state index in [1.807, 2.05) is 5.32 Å². The number of esters is 1. The van der Waals surface area contributed by atoms with Crippen LogP contribution in [0.2, 0.25) is 0 Å². The first-order valence-electron chi connectivity index (χ1n) is 9.15. The molecule has 1 aromatic rings. The third-order valence-electron chi connectivity index (χ3n) is 4.20. The van der Waals surface area contributed by atoms with Crippen molar-refractivity contribution in [2.24, 2.45) is 0 Å². The van der Waals surface area contributed by atoms with Gasteiger partial charge in [-0.3, -0.25) is 14.9 Å². The summed E-state index contributed by atoms with van der Waals surface area (Å²) in [6.45, 7) is 2.63. The number of ether oxygens (including phenoxy) is 1. The van der Waals surface area contributed by atoms with Crippen LogP contribution >= 0.6 is 0 Å². The lowest BCUT2D eigenvalue weighted by molar-refractivity contribution is -0.148. The maximum atomic E-state index is 12.5. The van der Waals surface area contributed by atoms with Gasteiger partial charge < -0.3 is 10.1 Å². The molecule has 1 aliphatic heterocycles. The summed E-state index contributed by atoms with van der Waals surface area (Å²) in [4.78, 5) is 34.6. The van der Waals surface area contributed by atoms with Crippen molar-refractivity contribution in [2.75, 3.05) is 26.2 Å². The average Bonchev–Trinajstić information content (AvgIpc) is 3.21. The smallest absolute Gasteiger partial charge is 0.321 e. The molecule has 1 fully saturated rings. The van der Waals surface area contributed by atoms with Gasteiger partial charge in [0.2, 0.25) is 10.0 Å². The van der Waals surface area contributed by atoms with E-state index in [0.29, 0.717) is 26.1 Å². The Hall–Kier alpha value is -2.46. The SMILES string of the molecule is CCNC(=O)NC(=O)COC(=O)CCc1ccc(S(=O)(=O)N2CCCC2)cc1. The van der Waals surface area contributed by atoms with Crippen molar-refractivity contribution < 1.29 is 27.5 Å². The molecule has 0 aliphatic carbocycles. The van der Waals surface area contributed by atoms with Gasteiger partial charge in [-0.2, -0.15) is 4.31 Å². The van der Waals surface area contributed by atoms with E-state index >= 15 is 0 Å². The number of aryl methyl sites for hydroxylation is 1. The predicted molar refractivity (Wildman–Crippen MR) is 101 cm³/mol. The molecular formula is C18H25N3O6S. The number of sulfonamides is 1. The van der Waals surface area contributed by atoms with E-state index in [0.717, 1.165) is 18.4 Å². The summed E-state index contributed by atoms with van der Waals surface area (Å²) >= 11 is 0. The van der Waals surface area contributed by atoms with Crippen LogP contribution in [0.1, 0.15) is 31.7 Å². The molecule has 2 N–H and O–H groups in total. The van der Waals surface area contributed by atoms with Gasteiger partial charge in [-0.15, -0.1) is 0 Å². The molecule has 0 saturated carbocycles. The van der Waals surface area contributed by atoms with Gasteiger partial charge in [-0.25, -0.2) is 13.2 Å². The Morgan fingerprint density at radius 3 is 2.36 bits per heavy atom. The number of hydrogen-bond acceptors (Lipinski definition) is 6. The molecule has 1 aliphatic rings. The number of rotatable bonds is 8. The third-order valence-corrected chi connectivity index (χ3v) is 6.11. The number of carbonyl (C=O) groups excluding carboxylic acids is 3. The zero-order valence-corrected chi connectivity index (χ0v) is 16.6. The fourth-order valence-electron chi connectivity index (χ4n) is 2.74. The van der Waals surface area contributed by atoms with Gasteiger partial charge in [-0.1, -0.05) is 12.1 Å². The van der Waals surface area contributed by atoms with Crippen molar-refractivity contribution in [3.63, 3.8) is 0 Å². The van der Waals surface area contributed by atoms with Gasteiger partial charge in [0.15, 0.2) is 6.61 Å². The average molecular weight is 411 g/mol. The van der Waals surface area contributed by atoms with Gasteiger partial charge in [-0.05, 0) is 43.9 Å². The summed E-state index contributed by atoms with van der Waals surface area (Å²) in [7, 11) is -3.45. The normalized spacial score (nSPS) is 14.5. The minimum atomic E-state index is -3.45. The highest BCUT2D eigenvalue weighted by Gasteiger charge is 2.26. The van der Waals surface area contributed by atoms with E-state index in [1.165, 1.54) is 16.4 Å². The standard InChI is InChI=1S/C18H25N3O6S/c1-2-19-18(24)20-16(22)13-27-17(23)10-7-14-5-8-15(9-6-14)28(25,26)21-11-3-4-12-21/h5-6,8-9H,2-4,7,10-13H2,1H3,(H2,19,20,22,24). The van der Waals surface area contributed by atoms with Crippen LogP contribution in [0.15, 0.2) is 29.2 Å².